The van der Waals surface area contributed by atoms with Crippen molar-refractivity contribution in [3.8, 4) is 0 Å². The van der Waals surface area contributed by atoms with Gasteiger partial charge < -0.3 is 15.1 Å². The topological polar surface area (TPSA) is 60.8 Å². The number of carbonyl (C=O) groups is 1. The average molecular weight is 279 g/mol. The minimum Gasteiger partial charge on any atom is -0.478 e. The molecule has 0 radical (unpaired) electrons. The molecule has 0 bridgehead atoms. The summed E-state index contributed by atoms with van der Waals surface area (Å²) in [6.07, 6.45) is 0.808. The molecule has 2 atom stereocenters. The van der Waals surface area contributed by atoms with E-state index in [-0.39, 0.29) is 11.6 Å². The fraction of sp³-hybridized carbons (Fsp3) is 0.562. The first-order valence-electron chi connectivity index (χ1n) is 6.94. The normalized spacial score (nSPS) is 25.4. The van der Waals surface area contributed by atoms with Gasteiger partial charge in [0.1, 0.15) is 0 Å². The zero-order chi connectivity index (χ0) is 15.3. The molecule has 2 rings (SSSR count). The lowest BCUT2D eigenvalue weighted by Crippen LogP contribution is -2.55. The molecule has 1 saturated heterocycles. The maximum atomic E-state index is 10.2. The van der Waals surface area contributed by atoms with Crippen LogP contribution in [0, 0.1) is 5.92 Å². The summed E-state index contributed by atoms with van der Waals surface area (Å²) in [4.78, 5) is 12.5. The number of nitrogens with zero attached hydrogens (tertiary/aromatic N) is 1. The standard InChI is InChI=1S/C9H19NO.C7H6O2/c1-7-8(11)5-6-10(4)9(7,2)3;8-7(9)6-4-2-1-3-5-6/h7-8,11H,5-6H2,1-4H3;1-5H,(H,8,9). The Bertz CT molecular complexity index is 431. The second kappa shape index (κ2) is 6.86. The summed E-state index contributed by atoms with van der Waals surface area (Å²) in [6, 6.07) is 8.30. The third-order valence-electron chi connectivity index (χ3n) is 4.46. The van der Waals surface area contributed by atoms with Crippen molar-refractivity contribution in [2.45, 2.75) is 38.8 Å². The van der Waals surface area contributed by atoms with Crippen LogP contribution >= 0.6 is 0 Å². The maximum absolute atomic E-state index is 10.2. The molecule has 1 fully saturated rings. The van der Waals surface area contributed by atoms with E-state index in [0.29, 0.717) is 11.5 Å². The third-order valence-corrected chi connectivity index (χ3v) is 4.46. The Morgan fingerprint density at radius 3 is 2.25 bits per heavy atom. The highest BCUT2D eigenvalue weighted by Gasteiger charge is 2.38. The molecule has 1 aromatic rings. The second-order valence-corrected chi connectivity index (χ2v) is 5.89. The Balaban J connectivity index is 0.000000204. The largest absolute Gasteiger partial charge is 0.478 e. The van der Waals surface area contributed by atoms with Gasteiger partial charge in [0.25, 0.3) is 0 Å². The van der Waals surface area contributed by atoms with E-state index >= 15 is 0 Å². The van der Waals surface area contributed by atoms with Crippen molar-refractivity contribution in [1.29, 1.82) is 0 Å². The van der Waals surface area contributed by atoms with Crippen molar-refractivity contribution in [3.63, 3.8) is 0 Å². The zero-order valence-corrected chi connectivity index (χ0v) is 12.7. The van der Waals surface area contributed by atoms with Crippen LogP contribution in [-0.2, 0) is 0 Å². The van der Waals surface area contributed by atoms with Crippen LogP contribution in [-0.4, -0.2) is 46.3 Å². The molecule has 0 spiro atoms. The Kier molecular flexibility index (Phi) is 5.72. The van der Waals surface area contributed by atoms with Crippen LogP contribution in [0.1, 0.15) is 37.6 Å². The van der Waals surface area contributed by atoms with Gasteiger partial charge in [-0.1, -0.05) is 25.1 Å². The van der Waals surface area contributed by atoms with E-state index in [1.165, 1.54) is 0 Å². The van der Waals surface area contributed by atoms with Gasteiger partial charge in [-0.3, -0.25) is 0 Å². The maximum Gasteiger partial charge on any atom is 0.335 e. The number of carboxylic acids is 1. The zero-order valence-electron chi connectivity index (χ0n) is 12.7. The van der Waals surface area contributed by atoms with Crippen molar-refractivity contribution in [1.82, 2.24) is 4.90 Å². The number of carboxylic acid groups (broad SMARTS) is 1. The summed E-state index contributed by atoms with van der Waals surface area (Å²) in [5, 5.41) is 18.0. The van der Waals surface area contributed by atoms with E-state index in [9.17, 15) is 9.90 Å². The van der Waals surface area contributed by atoms with Gasteiger partial charge in [0.2, 0.25) is 0 Å². The number of aliphatic hydroxyl groups is 1. The molecule has 112 valence electrons. The molecule has 2 unspecified atom stereocenters. The van der Waals surface area contributed by atoms with Crippen LogP contribution in [0.25, 0.3) is 0 Å². The Morgan fingerprint density at radius 1 is 1.30 bits per heavy atom. The van der Waals surface area contributed by atoms with Crippen LogP contribution in [0.4, 0.5) is 0 Å². The molecular weight excluding hydrogens is 254 g/mol. The lowest BCUT2D eigenvalue weighted by atomic mass is 9.79. The lowest BCUT2D eigenvalue weighted by molar-refractivity contribution is -0.0402. The van der Waals surface area contributed by atoms with Gasteiger partial charge in [0.15, 0.2) is 0 Å². The highest BCUT2D eigenvalue weighted by Crippen LogP contribution is 2.31. The molecule has 1 aliphatic rings. The van der Waals surface area contributed by atoms with E-state index in [0.717, 1.165) is 13.0 Å². The smallest absolute Gasteiger partial charge is 0.335 e. The summed E-state index contributed by atoms with van der Waals surface area (Å²) in [5.41, 5.74) is 0.481. The summed E-state index contributed by atoms with van der Waals surface area (Å²) in [7, 11) is 2.13. The molecule has 0 aliphatic carbocycles. The van der Waals surface area contributed by atoms with E-state index < -0.39 is 5.97 Å². The van der Waals surface area contributed by atoms with Gasteiger partial charge in [0.05, 0.1) is 11.7 Å². The van der Waals surface area contributed by atoms with E-state index in [1.807, 2.05) is 0 Å². The molecule has 0 saturated carbocycles. The number of piperidine rings is 1. The van der Waals surface area contributed by atoms with Gasteiger partial charge >= 0.3 is 5.97 Å². The number of benzene rings is 1. The monoisotopic (exact) mass is 279 g/mol. The first-order valence-corrected chi connectivity index (χ1v) is 6.94. The summed E-state index contributed by atoms with van der Waals surface area (Å²) < 4.78 is 0. The number of likely N-dealkylation sites (tertiary alicyclic amines) is 1. The molecule has 1 aliphatic heterocycles. The summed E-state index contributed by atoms with van der Waals surface area (Å²) in [6.45, 7) is 7.53. The van der Waals surface area contributed by atoms with Gasteiger partial charge in [-0.15, -0.1) is 0 Å². The van der Waals surface area contributed by atoms with Crippen molar-refractivity contribution < 1.29 is 15.0 Å². The first-order chi connectivity index (χ1) is 9.26. The second-order valence-electron chi connectivity index (χ2n) is 5.89. The van der Waals surface area contributed by atoms with Crippen molar-refractivity contribution >= 4 is 5.97 Å². The van der Waals surface area contributed by atoms with Crippen LogP contribution in [0.3, 0.4) is 0 Å². The number of hydrogen-bond acceptors (Lipinski definition) is 3. The summed E-state index contributed by atoms with van der Waals surface area (Å²) in [5.74, 6) is -0.503. The van der Waals surface area contributed by atoms with E-state index in [4.69, 9.17) is 5.11 Å². The van der Waals surface area contributed by atoms with Crippen molar-refractivity contribution in [2.24, 2.45) is 5.92 Å². The molecule has 0 aromatic heterocycles. The van der Waals surface area contributed by atoms with E-state index in [1.54, 1.807) is 30.3 Å². The number of hydrogen-bond donors (Lipinski definition) is 2. The Labute approximate surface area is 121 Å². The highest BCUT2D eigenvalue weighted by molar-refractivity contribution is 5.87. The molecule has 0 amide bonds. The predicted molar refractivity (Wildman–Crippen MR) is 79.9 cm³/mol. The number of aliphatic hydroxyl groups excluding tert-OH is 1. The molecule has 20 heavy (non-hydrogen) atoms. The fourth-order valence-electron chi connectivity index (χ4n) is 2.26. The lowest BCUT2D eigenvalue weighted by Gasteiger charge is -2.47. The molecule has 4 heteroatoms. The van der Waals surface area contributed by atoms with Crippen LogP contribution in [0.5, 0.6) is 0 Å². The summed E-state index contributed by atoms with van der Waals surface area (Å²) >= 11 is 0. The first kappa shape index (κ1) is 16.7. The number of aromatic carboxylic acids is 1. The van der Waals surface area contributed by atoms with Crippen LogP contribution in [0.2, 0.25) is 0 Å². The van der Waals surface area contributed by atoms with Crippen molar-refractivity contribution in [2.75, 3.05) is 13.6 Å². The third kappa shape index (κ3) is 4.05. The van der Waals surface area contributed by atoms with Gasteiger partial charge in [-0.05, 0) is 45.4 Å². The van der Waals surface area contributed by atoms with Crippen molar-refractivity contribution in [3.05, 3.63) is 35.9 Å². The Hall–Kier alpha value is -1.39. The minimum atomic E-state index is -0.879. The van der Waals surface area contributed by atoms with E-state index in [2.05, 4.69) is 32.7 Å². The predicted octanol–water partition coefficient (Wildman–Crippen LogP) is 2.48. The van der Waals surface area contributed by atoms with Gasteiger partial charge in [0, 0.05) is 12.1 Å². The van der Waals surface area contributed by atoms with Gasteiger partial charge in [-0.25, -0.2) is 4.79 Å². The van der Waals surface area contributed by atoms with Crippen LogP contribution < -0.4 is 0 Å². The molecule has 2 N–H and O–H groups in total. The molecule has 1 heterocycles. The fourth-order valence-corrected chi connectivity index (χ4v) is 2.26. The SMILES string of the molecule is CC1C(O)CCN(C)C1(C)C.O=C(O)c1ccccc1. The molecular formula is C16H25NO3. The highest BCUT2D eigenvalue weighted by atomic mass is 16.4. The number of rotatable bonds is 1. The molecule has 4 nitrogen and oxygen atoms in total. The average Bonchev–Trinajstić information content (AvgIpc) is 2.43. The quantitative estimate of drug-likeness (QED) is 0.829. The van der Waals surface area contributed by atoms with Crippen LogP contribution in [0.15, 0.2) is 30.3 Å². The molecule has 1 aromatic carbocycles. The Morgan fingerprint density at radius 2 is 1.85 bits per heavy atom. The van der Waals surface area contributed by atoms with Gasteiger partial charge in [-0.2, -0.15) is 0 Å². The minimum absolute atomic E-state index is 0.110.